The van der Waals surface area contributed by atoms with Gasteiger partial charge in [-0.05, 0) is 39.8 Å². The summed E-state index contributed by atoms with van der Waals surface area (Å²) in [6.07, 6.45) is 1.03. The highest BCUT2D eigenvalue weighted by Gasteiger charge is 2.32. The fraction of sp³-hybridized carbons (Fsp3) is 0.444. The summed E-state index contributed by atoms with van der Waals surface area (Å²) < 4.78 is 7.18. The molecule has 1 aliphatic rings. The van der Waals surface area contributed by atoms with Gasteiger partial charge in [-0.15, -0.1) is 0 Å². The molecule has 3 heterocycles. The number of aromatic amines is 1. The van der Waals surface area contributed by atoms with Crippen molar-refractivity contribution in [2.45, 2.75) is 52.4 Å². The number of anilines is 1. The molecule has 1 aliphatic heterocycles. The largest absolute Gasteiger partial charge is 0.444 e. The fourth-order valence-electron chi connectivity index (χ4n) is 2.78. The van der Waals surface area contributed by atoms with E-state index in [0.717, 1.165) is 5.69 Å². The van der Waals surface area contributed by atoms with Crippen LogP contribution in [0.2, 0.25) is 0 Å². The highest BCUT2D eigenvalue weighted by atomic mass is 16.6. The Morgan fingerprint density at radius 2 is 2.07 bits per heavy atom. The van der Waals surface area contributed by atoms with E-state index in [1.54, 1.807) is 15.6 Å². The van der Waals surface area contributed by atoms with Crippen LogP contribution < -0.4 is 10.9 Å². The van der Waals surface area contributed by atoms with Crippen molar-refractivity contribution in [3.63, 3.8) is 0 Å². The normalized spacial score (nSPS) is 16.6. The number of hydrogen-bond donors (Lipinski definition) is 2. The maximum atomic E-state index is 12.4. The summed E-state index contributed by atoms with van der Waals surface area (Å²) >= 11 is 0. The summed E-state index contributed by atoms with van der Waals surface area (Å²) in [7, 11) is 0. The van der Waals surface area contributed by atoms with Crippen molar-refractivity contribution in [3.05, 3.63) is 46.1 Å². The average molecular weight is 373 g/mol. The van der Waals surface area contributed by atoms with Gasteiger partial charge in [0.1, 0.15) is 5.60 Å². The van der Waals surface area contributed by atoms with E-state index >= 15 is 0 Å². The molecule has 0 bridgehead atoms. The number of rotatable bonds is 2. The van der Waals surface area contributed by atoms with Gasteiger partial charge in [-0.2, -0.15) is 5.10 Å². The van der Waals surface area contributed by atoms with Crippen molar-refractivity contribution in [2.75, 3.05) is 5.32 Å². The lowest BCUT2D eigenvalue weighted by molar-refractivity contribution is 0.00904. The number of nitrogens with zero attached hydrogens (tertiary/aromatic N) is 3. The second kappa shape index (κ2) is 6.90. The molecule has 0 spiro atoms. The summed E-state index contributed by atoms with van der Waals surface area (Å²) in [5.74, 6) is -0.388. The molecule has 0 fully saturated rings. The average Bonchev–Trinajstić information content (AvgIpc) is 2.97. The van der Waals surface area contributed by atoms with Crippen LogP contribution in [0.1, 0.15) is 43.9 Å². The SMILES string of the molecule is CC1Cn2nc(C(=O)Nc3ccc(=O)[nH]c3)cc2CN1C(=O)OC(C)(C)C. The topological polar surface area (TPSA) is 109 Å². The molecule has 0 aromatic carbocycles. The minimum Gasteiger partial charge on any atom is -0.444 e. The van der Waals surface area contributed by atoms with Gasteiger partial charge in [0.15, 0.2) is 5.69 Å². The zero-order valence-corrected chi connectivity index (χ0v) is 15.8. The molecule has 2 aromatic rings. The number of carbonyl (C=O) groups is 2. The Kier molecular flexibility index (Phi) is 4.77. The second-order valence-corrected chi connectivity index (χ2v) is 7.56. The number of fused-ring (bicyclic) bond motifs is 1. The minimum atomic E-state index is -0.573. The van der Waals surface area contributed by atoms with Crippen molar-refractivity contribution < 1.29 is 14.3 Å². The number of pyridine rings is 1. The molecule has 0 radical (unpaired) electrons. The van der Waals surface area contributed by atoms with Crippen molar-refractivity contribution in [1.82, 2.24) is 19.7 Å². The molecular formula is C18H23N5O4. The molecule has 1 atom stereocenters. The first kappa shape index (κ1) is 18.7. The van der Waals surface area contributed by atoms with Gasteiger partial charge in [0.25, 0.3) is 5.91 Å². The van der Waals surface area contributed by atoms with Gasteiger partial charge in [0.05, 0.1) is 30.5 Å². The molecule has 2 N–H and O–H groups in total. The highest BCUT2D eigenvalue weighted by molar-refractivity contribution is 6.02. The van der Waals surface area contributed by atoms with Gasteiger partial charge in [0.2, 0.25) is 5.56 Å². The Balaban J connectivity index is 1.74. The third-order valence-electron chi connectivity index (χ3n) is 4.07. The number of nitrogens with one attached hydrogen (secondary N) is 2. The van der Waals surface area contributed by atoms with Gasteiger partial charge < -0.3 is 15.0 Å². The standard InChI is InChI=1S/C18H23N5O4/c1-11-9-23-13(10-22(11)17(26)27-18(2,3)4)7-14(21-23)16(25)20-12-5-6-15(24)19-8-12/h5-8,11H,9-10H2,1-4H3,(H,19,24)(H,20,25). The van der Waals surface area contributed by atoms with Crippen molar-refractivity contribution >= 4 is 17.7 Å². The number of hydrogen-bond acceptors (Lipinski definition) is 5. The number of amides is 2. The monoisotopic (exact) mass is 373 g/mol. The predicted octanol–water partition coefficient (Wildman–Crippen LogP) is 1.96. The van der Waals surface area contributed by atoms with Crippen molar-refractivity contribution in [3.8, 4) is 0 Å². The lowest BCUT2D eigenvalue weighted by Gasteiger charge is -2.35. The molecule has 0 saturated carbocycles. The Morgan fingerprint density at radius 3 is 2.70 bits per heavy atom. The third kappa shape index (κ3) is 4.36. The van der Waals surface area contributed by atoms with Gasteiger partial charge in [-0.1, -0.05) is 0 Å². The van der Waals surface area contributed by atoms with Crippen molar-refractivity contribution in [1.29, 1.82) is 0 Å². The molecule has 1 unspecified atom stereocenters. The van der Waals surface area contributed by atoms with Crippen LogP contribution in [-0.2, 0) is 17.8 Å². The summed E-state index contributed by atoms with van der Waals surface area (Å²) in [5, 5.41) is 7.02. The number of carbonyl (C=O) groups excluding carboxylic acids is 2. The molecule has 2 amide bonds. The quantitative estimate of drug-likeness (QED) is 0.836. The lowest BCUT2D eigenvalue weighted by atomic mass is 10.2. The minimum absolute atomic E-state index is 0.109. The van der Waals surface area contributed by atoms with Gasteiger partial charge >= 0.3 is 6.09 Å². The highest BCUT2D eigenvalue weighted by Crippen LogP contribution is 2.21. The van der Waals surface area contributed by atoms with E-state index in [4.69, 9.17) is 4.74 Å². The van der Waals surface area contributed by atoms with E-state index in [1.165, 1.54) is 18.3 Å². The van der Waals surface area contributed by atoms with E-state index in [-0.39, 0.29) is 29.3 Å². The molecular weight excluding hydrogens is 350 g/mol. The zero-order valence-electron chi connectivity index (χ0n) is 15.8. The van der Waals surface area contributed by atoms with Crippen LogP contribution >= 0.6 is 0 Å². The van der Waals surface area contributed by atoms with E-state index in [1.807, 2.05) is 27.7 Å². The summed E-state index contributed by atoms with van der Waals surface area (Å²) in [6.45, 7) is 8.17. The molecule has 0 saturated heterocycles. The van der Waals surface area contributed by atoms with Crippen LogP contribution in [-0.4, -0.2) is 43.3 Å². The molecule has 27 heavy (non-hydrogen) atoms. The Hall–Kier alpha value is -3.10. The first-order chi connectivity index (χ1) is 12.6. The van der Waals surface area contributed by atoms with Crippen LogP contribution in [0.4, 0.5) is 10.5 Å². The van der Waals surface area contributed by atoms with Crippen LogP contribution in [0.15, 0.2) is 29.2 Å². The van der Waals surface area contributed by atoms with E-state index in [2.05, 4.69) is 15.4 Å². The first-order valence-corrected chi connectivity index (χ1v) is 8.69. The maximum absolute atomic E-state index is 12.4. The molecule has 2 aromatic heterocycles. The van der Waals surface area contributed by atoms with Gasteiger partial charge in [0, 0.05) is 12.3 Å². The molecule has 9 nitrogen and oxygen atoms in total. The summed E-state index contributed by atoms with van der Waals surface area (Å²) in [5.41, 5.74) is 0.645. The van der Waals surface area contributed by atoms with Crippen LogP contribution in [0.3, 0.4) is 0 Å². The molecule has 3 rings (SSSR count). The van der Waals surface area contributed by atoms with E-state index in [9.17, 15) is 14.4 Å². The molecule has 9 heteroatoms. The fourth-order valence-corrected chi connectivity index (χ4v) is 2.78. The molecule has 0 aliphatic carbocycles. The lowest BCUT2D eigenvalue weighted by Crippen LogP contribution is -2.46. The Bertz CT molecular complexity index is 904. The van der Waals surface area contributed by atoms with Gasteiger partial charge in [-0.25, -0.2) is 4.79 Å². The third-order valence-corrected chi connectivity index (χ3v) is 4.07. The van der Waals surface area contributed by atoms with Crippen LogP contribution in [0.25, 0.3) is 0 Å². The van der Waals surface area contributed by atoms with Crippen LogP contribution in [0.5, 0.6) is 0 Å². The number of ether oxygens (including phenoxy) is 1. The number of H-pyrrole nitrogens is 1. The molecule has 144 valence electrons. The Labute approximate surface area is 156 Å². The smallest absolute Gasteiger partial charge is 0.410 e. The van der Waals surface area contributed by atoms with Crippen LogP contribution in [0, 0.1) is 0 Å². The van der Waals surface area contributed by atoms with Crippen molar-refractivity contribution in [2.24, 2.45) is 0 Å². The van der Waals surface area contributed by atoms with Gasteiger partial charge in [-0.3, -0.25) is 19.2 Å². The van der Waals surface area contributed by atoms with E-state index in [0.29, 0.717) is 18.8 Å². The second-order valence-electron chi connectivity index (χ2n) is 7.56. The summed E-state index contributed by atoms with van der Waals surface area (Å²) in [4.78, 5) is 40.0. The summed E-state index contributed by atoms with van der Waals surface area (Å²) in [6, 6.07) is 4.39. The predicted molar refractivity (Wildman–Crippen MR) is 98.5 cm³/mol. The number of aromatic nitrogens is 3. The first-order valence-electron chi connectivity index (χ1n) is 8.69. The Morgan fingerprint density at radius 1 is 1.33 bits per heavy atom. The zero-order chi connectivity index (χ0) is 19.8. The maximum Gasteiger partial charge on any atom is 0.410 e. The van der Waals surface area contributed by atoms with E-state index < -0.39 is 5.60 Å².